The number of rotatable bonds is 0. The minimum atomic E-state index is -1.04. The molecule has 2 bridgehead atoms. The molecule has 1 spiro atoms. The van der Waals surface area contributed by atoms with E-state index in [2.05, 4.69) is 0 Å². The van der Waals surface area contributed by atoms with Crippen LogP contribution in [0.2, 0.25) is 0 Å². The van der Waals surface area contributed by atoms with Gasteiger partial charge in [-0.25, -0.2) is 9.69 Å². The number of hydrogen-bond acceptors (Lipinski definition) is 5. The van der Waals surface area contributed by atoms with Crippen molar-refractivity contribution in [2.24, 2.45) is 5.92 Å². The summed E-state index contributed by atoms with van der Waals surface area (Å²) in [5.41, 5.74) is 1.29. The first-order valence-electron chi connectivity index (χ1n) is 9.09. The second-order valence-electron chi connectivity index (χ2n) is 7.50. The third kappa shape index (κ3) is 1.86. The molecule has 1 aliphatic carbocycles. The van der Waals surface area contributed by atoms with Gasteiger partial charge in [-0.1, -0.05) is 18.2 Å². The molecule has 3 heterocycles. The second kappa shape index (κ2) is 5.28. The fourth-order valence-corrected chi connectivity index (χ4v) is 5.13. The van der Waals surface area contributed by atoms with E-state index in [1.165, 1.54) is 7.11 Å². The summed E-state index contributed by atoms with van der Waals surface area (Å²) in [5.74, 6) is -1.58. The van der Waals surface area contributed by atoms with Crippen LogP contribution in [0.1, 0.15) is 35.3 Å². The maximum atomic E-state index is 13.5. The molecule has 0 N–H and O–H groups in total. The van der Waals surface area contributed by atoms with Crippen molar-refractivity contribution in [2.45, 2.75) is 31.1 Å². The number of Topliss-reactive ketones (excluding diaryl/α,β-unsaturated/α-hetero) is 1. The van der Waals surface area contributed by atoms with Crippen LogP contribution in [0.5, 0.6) is 0 Å². The number of methoxy groups -OCH3 is 1. The van der Waals surface area contributed by atoms with Crippen LogP contribution in [0.3, 0.4) is 0 Å². The van der Waals surface area contributed by atoms with Crippen LogP contribution in [0.25, 0.3) is 10.9 Å². The highest BCUT2D eigenvalue weighted by molar-refractivity contribution is 6.13. The largest absolute Gasteiger partial charge is 0.452 e. The number of ketones is 1. The Hall–Kier alpha value is -2.96. The van der Waals surface area contributed by atoms with Gasteiger partial charge in [0.1, 0.15) is 5.78 Å². The molecule has 2 aliphatic heterocycles. The number of carbonyl (C=O) groups is 4. The Morgan fingerprint density at radius 3 is 2.74 bits per heavy atom. The van der Waals surface area contributed by atoms with E-state index in [0.717, 1.165) is 21.4 Å². The van der Waals surface area contributed by atoms with Gasteiger partial charge in [-0.3, -0.25) is 19.0 Å². The van der Waals surface area contributed by atoms with Gasteiger partial charge in [-0.2, -0.15) is 0 Å². The molecule has 138 valence electrons. The molecule has 5 rings (SSSR count). The van der Waals surface area contributed by atoms with Crippen molar-refractivity contribution in [1.82, 2.24) is 9.47 Å². The standard InChI is InChI=1S/C20H18N2O5/c1-27-19(26)21-9-7-12-11-4-2-3-5-14(11)22-16(12)20(18(21)25)8-6-15(23)13(10-20)17(22)24/h2-5,13H,6-10H2,1H3/t13?,20-/m1/s1. The third-order valence-corrected chi connectivity index (χ3v) is 6.33. The number of hydrogen-bond donors (Lipinski definition) is 0. The lowest BCUT2D eigenvalue weighted by Crippen LogP contribution is -2.57. The van der Waals surface area contributed by atoms with Crippen molar-refractivity contribution in [3.05, 3.63) is 35.5 Å². The molecule has 2 aromatic rings. The molecule has 7 nitrogen and oxygen atoms in total. The molecule has 7 heteroatoms. The van der Waals surface area contributed by atoms with Crippen LogP contribution in [0.4, 0.5) is 4.79 Å². The third-order valence-electron chi connectivity index (χ3n) is 6.33. The van der Waals surface area contributed by atoms with Gasteiger partial charge < -0.3 is 4.74 Å². The number of imide groups is 1. The summed E-state index contributed by atoms with van der Waals surface area (Å²) < 4.78 is 6.40. The minimum Gasteiger partial charge on any atom is -0.452 e. The maximum Gasteiger partial charge on any atom is 0.416 e. The summed E-state index contributed by atoms with van der Waals surface area (Å²) in [4.78, 5) is 52.6. The number of nitrogens with zero attached hydrogens (tertiary/aromatic N) is 2. The van der Waals surface area contributed by atoms with Gasteiger partial charge in [0.2, 0.25) is 11.8 Å². The molecular formula is C20H18N2O5. The van der Waals surface area contributed by atoms with Gasteiger partial charge in [0.05, 0.1) is 24.0 Å². The Labute approximate surface area is 154 Å². The summed E-state index contributed by atoms with van der Waals surface area (Å²) in [6, 6.07) is 7.52. The molecule has 3 aliphatic rings. The fourth-order valence-electron chi connectivity index (χ4n) is 5.13. The van der Waals surface area contributed by atoms with Crippen LogP contribution < -0.4 is 0 Å². The Morgan fingerprint density at radius 2 is 1.96 bits per heavy atom. The van der Waals surface area contributed by atoms with E-state index >= 15 is 0 Å². The highest BCUT2D eigenvalue weighted by Gasteiger charge is 2.59. The summed E-state index contributed by atoms with van der Waals surface area (Å²) in [5, 5.41) is 0.903. The monoisotopic (exact) mass is 366 g/mol. The zero-order valence-electron chi connectivity index (χ0n) is 14.9. The average molecular weight is 366 g/mol. The lowest BCUT2D eigenvalue weighted by atomic mass is 9.63. The first-order chi connectivity index (χ1) is 13.0. The molecule has 27 heavy (non-hydrogen) atoms. The Balaban J connectivity index is 1.86. The van der Waals surface area contributed by atoms with E-state index < -0.39 is 17.4 Å². The molecule has 1 unspecified atom stereocenters. The van der Waals surface area contributed by atoms with Gasteiger partial charge in [0.25, 0.3) is 0 Å². The number of para-hydroxylation sites is 1. The number of carbonyl (C=O) groups excluding carboxylic acids is 4. The molecule has 1 aromatic heterocycles. The lowest BCUT2D eigenvalue weighted by molar-refractivity contribution is -0.139. The van der Waals surface area contributed by atoms with E-state index in [4.69, 9.17) is 4.74 Å². The number of aromatic nitrogens is 1. The Morgan fingerprint density at radius 1 is 1.19 bits per heavy atom. The Bertz CT molecular complexity index is 1050. The maximum absolute atomic E-state index is 13.5. The number of ether oxygens (including phenoxy) is 1. The highest BCUT2D eigenvalue weighted by atomic mass is 16.5. The van der Waals surface area contributed by atoms with Crippen molar-refractivity contribution in [3.8, 4) is 0 Å². The molecule has 2 amide bonds. The van der Waals surface area contributed by atoms with Gasteiger partial charge in [0, 0.05) is 24.0 Å². The molecule has 0 radical (unpaired) electrons. The number of benzene rings is 1. The van der Waals surface area contributed by atoms with Crippen LogP contribution in [-0.4, -0.2) is 46.8 Å². The van der Waals surface area contributed by atoms with Crippen molar-refractivity contribution >= 4 is 34.6 Å². The van der Waals surface area contributed by atoms with Crippen LogP contribution >= 0.6 is 0 Å². The topological polar surface area (TPSA) is 85.7 Å². The molecule has 1 aromatic carbocycles. The second-order valence-corrected chi connectivity index (χ2v) is 7.50. The van der Waals surface area contributed by atoms with Crippen molar-refractivity contribution in [2.75, 3.05) is 13.7 Å². The minimum absolute atomic E-state index is 0.128. The predicted octanol–water partition coefficient (Wildman–Crippen LogP) is 2.05. The van der Waals surface area contributed by atoms with Gasteiger partial charge in [-0.15, -0.1) is 0 Å². The SMILES string of the molecule is COC(=O)N1CCc2c3n(c4ccccc24)C(=O)C2C[C@@]3(CCC2=O)C1=O. The molecule has 1 fully saturated rings. The van der Waals surface area contributed by atoms with E-state index in [1.54, 1.807) is 4.57 Å². The van der Waals surface area contributed by atoms with Crippen molar-refractivity contribution in [1.29, 1.82) is 0 Å². The van der Waals surface area contributed by atoms with Gasteiger partial charge in [0.15, 0.2) is 0 Å². The smallest absolute Gasteiger partial charge is 0.416 e. The van der Waals surface area contributed by atoms with Gasteiger partial charge in [-0.05, 0) is 30.9 Å². The van der Waals surface area contributed by atoms with Crippen molar-refractivity contribution in [3.63, 3.8) is 0 Å². The lowest BCUT2D eigenvalue weighted by Gasteiger charge is -2.43. The summed E-state index contributed by atoms with van der Waals surface area (Å²) in [6.07, 6.45) is 0.377. The zero-order valence-corrected chi connectivity index (χ0v) is 14.9. The summed E-state index contributed by atoms with van der Waals surface area (Å²) in [7, 11) is 1.25. The van der Waals surface area contributed by atoms with E-state index in [9.17, 15) is 19.2 Å². The zero-order chi connectivity index (χ0) is 18.9. The molecule has 0 saturated heterocycles. The Kier molecular flexibility index (Phi) is 3.17. The van der Waals surface area contributed by atoms with Crippen LogP contribution in [-0.2, 0) is 26.2 Å². The summed E-state index contributed by atoms with van der Waals surface area (Å²) >= 11 is 0. The number of amides is 2. The van der Waals surface area contributed by atoms with Gasteiger partial charge >= 0.3 is 6.09 Å². The van der Waals surface area contributed by atoms with Crippen molar-refractivity contribution < 1.29 is 23.9 Å². The van der Waals surface area contributed by atoms with E-state index in [1.807, 2.05) is 24.3 Å². The van der Waals surface area contributed by atoms with E-state index in [0.29, 0.717) is 18.5 Å². The average Bonchev–Trinajstić information content (AvgIpc) is 2.97. The molecule has 1 saturated carbocycles. The van der Waals surface area contributed by atoms with Crippen LogP contribution in [0.15, 0.2) is 24.3 Å². The van der Waals surface area contributed by atoms with E-state index in [-0.39, 0.29) is 37.0 Å². The molecular weight excluding hydrogens is 348 g/mol. The predicted molar refractivity (Wildman–Crippen MR) is 94.4 cm³/mol. The quantitative estimate of drug-likeness (QED) is 0.666. The van der Waals surface area contributed by atoms with Crippen LogP contribution in [0, 0.1) is 5.92 Å². The first kappa shape index (κ1) is 16.2. The normalized spacial score (nSPS) is 26.8. The first-order valence-corrected chi connectivity index (χ1v) is 9.09. The molecule has 2 atom stereocenters. The fraction of sp³-hybridized carbons (Fsp3) is 0.400. The highest BCUT2D eigenvalue weighted by Crippen LogP contribution is 2.51. The summed E-state index contributed by atoms with van der Waals surface area (Å²) in [6.45, 7) is 0.196. The number of fused-ring (bicyclic) bond motifs is 4.